The van der Waals surface area contributed by atoms with Crippen molar-refractivity contribution in [1.82, 2.24) is 0 Å². The molecule has 1 aliphatic heterocycles. The van der Waals surface area contributed by atoms with E-state index in [4.69, 9.17) is 0 Å². The Morgan fingerprint density at radius 1 is 1.03 bits per heavy atom. The maximum atomic E-state index is 14.5. The second kappa shape index (κ2) is 8.98. The average Bonchev–Trinajstić information content (AvgIpc) is 3.14. The molecule has 1 N–H and O–H groups in total. The van der Waals surface area contributed by atoms with Crippen molar-refractivity contribution in [3.63, 3.8) is 0 Å². The molecule has 33 heavy (non-hydrogen) atoms. The van der Waals surface area contributed by atoms with Gasteiger partial charge in [-0.25, -0.2) is 8.78 Å². The zero-order valence-electron chi connectivity index (χ0n) is 18.6. The Morgan fingerprint density at radius 3 is 2.39 bits per heavy atom. The third-order valence-corrected chi connectivity index (χ3v) is 6.72. The van der Waals surface area contributed by atoms with Crippen molar-refractivity contribution in [3.05, 3.63) is 95.1 Å². The van der Waals surface area contributed by atoms with Crippen molar-refractivity contribution >= 4 is 35.0 Å². The van der Waals surface area contributed by atoms with Gasteiger partial charge in [-0.1, -0.05) is 51.1 Å². The normalized spacial score (nSPS) is 16.2. The van der Waals surface area contributed by atoms with Gasteiger partial charge in [-0.3, -0.25) is 14.5 Å². The van der Waals surface area contributed by atoms with Crippen molar-refractivity contribution in [2.45, 2.75) is 31.6 Å². The SMILES string of the molecule is CC(C)(C)c1ccc(C(=O)Nc2ccccc2[C@H]2SCC(=O)N2c2ccc(F)cc2F)cc1. The molecule has 1 atom stereocenters. The minimum absolute atomic E-state index is 0.00954. The number of nitrogens with one attached hydrogen (secondary N) is 1. The van der Waals surface area contributed by atoms with Crippen molar-refractivity contribution in [3.8, 4) is 0 Å². The molecule has 0 unspecified atom stereocenters. The van der Waals surface area contributed by atoms with E-state index in [1.165, 1.54) is 22.7 Å². The van der Waals surface area contributed by atoms with Crippen molar-refractivity contribution in [2.24, 2.45) is 0 Å². The first-order chi connectivity index (χ1) is 15.6. The van der Waals surface area contributed by atoms with Gasteiger partial charge >= 0.3 is 0 Å². The van der Waals surface area contributed by atoms with Crippen LogP contribution in [-0.4, -0.2) is 17.6 Å². The topological polar surface area (TPSA) is 49.4 Å². The lowest BCUT2D eigenvalue weighted by atomic mass is 9.86. The molecule has 1 aliphatic rings. The number of benzene rings is 3. The summed E-state index contributed by atoms with van der Waals surface area (Å²) in [6, 6.07) is 17.7. The van der Waals surface area contributed by atoms with Crippen molar-refractivity contribution in [2.75, 3.05) is 16.0 Å². The summed E-state index contributed by atoms with van der Waals surface area (Å²) in [5.41, 5.74) is 2.81. The van der Waals surface area contributed by atoms with E-state index >= 15 is 0 Å². The van der Waals surface area contributed by atoms with Gasteiger partial charge in [0, 0.05) is 22.9 Å². The highest BCUT2D eigenvalue weighted by Crippen LogP contribution is 2.45. The largest absolute Gasteiger partial charge is 0.322 e. The highest BCUT2D eigenvalue weighted by Gasteiger charge is 2.37. The number of nitrogens with zero attached hydrogens (tertiary/aromatic N) is 1. The summed E-state index contributed by atoms with van der Waals surface area (Å²) in [4.78, 5) is 26.9. The van der Waals surface area contributed by atoms with Gasteiger partial charge < -0.3 is 5.32 Å². The summed E-state index contributed by atoms with van der Waals surface area (Å²) < 4.78 is 27.9. The fourth-order valence-electron chi connectivity index (χ4n) is 3.73. The van der Waals surface area contributed by atoms with Crippen LogP contribution in [0.4, 0.5) is 20.2 Å². The molecule has 170 valence electrons. The Kier molecular flexibility index (Phi) is 6.26. The highest BCUT2D eigenvalue weighted by atomic mass is 32.2. The number of thioether (sulfide) groups is 1. The number of halogens is 2. The maximum Gasteiger partial charge on any atom is 0.255 e. The van der Waals surface area contributed by atoms with Crippen molar-refractivity contribution in [1.29, 1.82) is 0 Å². The van der Waals surface area contributed by atoms with E-state index in [0.29, 0.717) is 16.8 Å². The summed E-state index contributed by atoms with van der Waals surface area (Å²) in [7, 11) is 0. The van der Waals surface area contributed by atoms with Gasteiger partial charge in [-0.15, -0.1) is 11.8 Å². The van der Waals surface area contributed by atoms with E-state index in [1.54, 1.807) is 36.4 Å². The van der Waals surface area contributed by atoms with E-state index in [-0.39, 0.29) is 28.7 Å². The Balaban J connectivity index is 1.63. The van der Waals surface area contributed by atoms with Gasteiger partial charge in [0.1, 0.15) is 17.0 Å². The monoisotopic (exact) mass is 466 g/mol. The first-order valence-corrected chi connectivity index (χ1v) is 11.6. The van der Waals surface area contributed by atoms with E-state index in [2.05, 4.69) is 26.1 Å². The first kappa shape index (κ1) is 23.0. The Labute approximate surface area is 196 Å². The first-order valence-electron chi connectivity index (χ1n) is 10.5. The fourth-order valence-corrected chi connectivity index (χ4v) is 4.94. The predicted octanol–water partition coefficient (Wildman–Crippen LogP) is 6.29. The molecule has 4 nitrogen and oxygen atoms in total. The quantitative estimate of drug-likeness (QED) is 0.491. The summed E-state index contributed by atoms with van der Waals surface area (Å²) in [5.74, 6) is -1.93. The van der Waals surface area contributed by atoms with Gasteiger partial charge in [0.05, 0.1) is 11.4 Å². The van der Waals surface area contributed by atoms with Crippen LogP contribution in [0.15, 0.2) is 66.7 Å². The maximum absolute atomic E-state index is 14.5. The fraction of sp³-hybridized carbons (Fsp3) is 0.231. The van der Waals surface area contributed by atoms with Gasteiger partial charge in [0.25, 0.3) is 5.91 Å². The molecular weight excluding hydrogens is 442 g/mol. The summed E-state index contributed by atoms with van der Waals surface area (Å²) in [5, 5.41) is 2.37. The molecule has 7 heteroatoms. The number of amides is 2. The van der Waals surface area contributed by atoms with Crippen LogP contribution in [0.25, 0.3) is 0 Å². The van der Waals surface area contributed by atoms with E-state index in [0.717, 1.165) is 17.7 Å². The number of carbonyl (C=O) groups excluding carboxylic acids is 2. The molecule has 1 fully saturated rings. The van der Waals surface area contributed by atoms with Crippen LogP contribution >= 0.6 is 11.8 Å². The third-order valence-electron chi connectivity index (χ3n) is 5.53. The van der Waals surface area contributed by atoms with Gasteiger partial charge in [-0.05, 0) is 41.3 Å². The molecule has 1 saturated heterocycles. The van der Waals surface area contributed by atoms with Crippen LogP contribution in [0.3, 0.4) is 0 Å². The minimum Gasteiger partial charge on any atom is -0.322 e. The predicted molar refractivity (Wildman–Crippen MR) is 129 cm³/mol. The van der Waals surface area contributed by atoms with Crippen LogP contribution in [0.1, 0.15) is 47.6 Å². The summed E-state index contributed by atoms with van der Waals surface area (Å²) in [6.07, 6.45) is 0. The molecule has 4 rings (SSSR count). The van der Waals surface area contributed by atoms with Crippen LogP contribution in [0.2, 0.25) is 0 Å². The molecule has 0 aliphatic carbocycles. The molecule has 1 heterocycles. The number of anilines is 2. The summed E-state index contributed by atoms with van der Waals surface area (Å²) >= 11 is 1.33. The summed E-state index contributed by atoms with van der Waals surface area (Å²) in [6.45, 7) is 6.32. The molecule has 3 aromatic carbocycles. The van der Waals surface area contributed by atoms with Crippen molar-refractivity contribution < 1.29 is 18.4 Å². The van der Waals surface area contributed by atoms with Crippen LogP contribution in [0.5, 0.6) is 0 Å². The molecule has 3 aromatic rings. The Bertz CT molecular complexity index is 1210. The number of carbonyl (C=O) groups is 2. The Morgan fingerprint density at radius 2 is 1.73 bits per heavy atom. The van der Waals surface area contributed by atoms with Gasteiger partial charge in [0.2, 0.25) is 5.91 Å². The van der Waals surface area contributed by atoms with Crippen LogP contribution < -0.4 is 10.2 Å². The number of para-hydroxylation sites is 1. The van der Waals surface area contributed by atoms with E-state index in [1.807, 2.05) is 12.1 Å². The number of hydrogen-bond donors (Lipinski definition) is 1. The van der Waals surface area contributed by atoms with Gasteiger partial charge in [-0.2, -0.15) is 0 Å². The van der Waals surface area contributed by atoms with Crippen LogP contribution in [-0.2, 0) is 10.2 Å². The van der Waals surface area contributed by atoms with E-state index in [9.17, 15) is 18.4 Å². The Hall–Kier alpha value is -3.19. The molecule has 0 radical (unpaired) electrons. The minimum atomic E-state index is -0.809. The lowest BCUT2D eigenvalue weighted by Crippen LogP contribution is -2.29. The smallest absolute Gasteiger partial charge is 0.255 e. The molecular formula is C26H24F2N2O2S. The lowest BCUT2D eigenvalue weighted by molar-refractivity contribution is -0.115. The third kappa shape index (κ3) is 4.78. The molecule has 0 aromatic heterocycles. The lowest BCUT2D eigenvalue weighted by Gasteiger charge is -2.26. The molecule has 0 spiro atoms. The number of rotatable bonds is 4. The molecule has 0 bridgehead atoms. The van der Waals surface area contributed by atoms with Crippen LogP contribution in [0, 0.1) is 11.6 Å². The second-order valence-electron chi connectivity index (χ2n) is 8.89. The highest BCUT2D eigenvalue weighted by molar-refractivity contribution is 8.00. The van der Waals surface area contributed by atoms with E-state index < -0.39 is 17.0 Å². The second-order valence-corrected chi connectivity index (χ2v) is 9.96. The molecule has 0 saturated carbocycles. The zero-order chi connectivity index (χ0) is 23.8. The van der Waals surface area contributed by atoms with Gasteiger partial charge in [0.15, 0.2) is 0 Å². The average molecular weight is 467 g/mol. The standard InChI is InChI=1S/C26H24F2N2O2S/c1-26(2,3)17-10-8-16(9-11-17)24(32)29-21-7-5-4-6-19(21)25-30(23(31)15-33-25)22-13-12-18(27)14-20(22)28/h4-14,25H,15H2,1-3H3,(H,29,32)/t25-/m1/s1. The molecule has 2 amide bonds. The number of hydrogen-bond acceptors (Lipinski definition) is 3. The zero-order valence-corrected chi connectivity index (χ0v) is 19.4.